The Kier molecular flexibility index (Phi) is 4.05. The zero-order valence-corrected chi connectivity index (χ0v) is 14.6. The lowest BCUT2D eigenvalue weighted by molar-refractivity contribution is 0.0777. The van der Waals surface area contributed by atoms with Gasteiger partial charge in [0.25, 0.3) is 5.91 Å². The van der Waals surface area contributed by atoms with E-state index in [2.05, 4.69) is 10.3 Å². The van der Waals surface area contributed by atoms with Gasteiger partial charge in [-0.2, -0.15) is 0 Å². The number of rotatable bonds is 2. The van der Waals surface area contributed by atoms with E-state index in [1.165, 1.54) is 11.3 Å². The molecule has 3 heterocycles. The van der Waals surface area contributed by atoms with Gasteiger partial charge < -0.3 is 10.2 Å². The van der Waals surface area contributed by atoms with Crippen LogP contribution in [-0.2, 0) is 0 Å². The van der Waals surface area contributed by atoms with E-state index < -0.39 is 0 Å². The molecule has 23 heavy (non-hydrogen) atoms. The van der Waals surface area contributed by atoms with Gasteiger partial charge in [0, 0.05) is 37.1 Å². The van der Waals surface area contributed by atoms with Gasteiger partial charge in [-0.25, -0.2) is 4.98 Å². The van der Waals surface area contributed by atoms with Crippen molar-refractivity contribution in [3.05, 3.63) is 39.3 Å². The van der Waals surface area contributed by atoms with Crippen molar-refractivity contribution in [2.75, 3.05) is 26.2 Å². The number of carbonyl (C=O) groups excluding carboxylic acids is 1. The molecule has 2 aromatic rings. The molecular formula is C16H15Cl2N3OS. The molecule has 1 N–H and O–H groups in total. The van der Waals surface area contributed by atoms with Gasteiger partial charge in [0.05, 0.1) is 10.0 Å². The number of carbonyl (C=O) groups is 1. The highest BCUT2D eigenvalue weighted by molar-refractivity contribution is 7.13. The summed E-state index contributed by atoms with van der Waals surface area (Å²) in [6, 6.07) is 5.40. The molecule has 0 radical (unpaired) electrons. The molecule has 0 unspecified atom stereocenters. The van der Waals surface area contributed by atoms with E-state index in [1.807, 2.05) is 16.3 Å². The van der Waals surface area contributed by atoms with E-state index in [-0.39, 0.29) is 5.91 Å². The molecule has 4 rings (SSSR count). The Hall–Kier alpha value is -1.14. The maximum absolute atomic E-state index is 12.6. The fraction of sp³-hybridized carbons (Fsp3) is 0.375. The molecule has 0 bridgehead atoms. The first-order valence-corrected chi connectivity index (χ1v) is 9.16. The second-order valence-corrected chi connectivity index (χ2v) is 7.73. The molecule has 1 aromatic heterocycles. The fourth-order valence-corrected chi connectivity index (χ4v) is 4.41. The van der Waals surface area contributed by atoms with E-state index in [0.717, 1.165) is 36.8 Å². The number of fused-ring (bicyclic) bond motifs is 1. The molecule has 0 saturated carbocycles. The van der Waals surface area contributed by atoms with Crippen molar-refractivity contribution in [3.63, 3.8) is 0 Å². The molecular weight excluding hydrogens is 353 g/mol. The van der Waals surface area contributed by atoms with E-state index in [4.69, 9.17) is 23.2 Å². The number of amides is 1. The highest BCUT2D eigenvalue weighted by Gasteiger charge is 2.38. The van der Waals surface area contributed by atoms with Crippen molar-refractivity contribution in [2.45, 2.75) is 0 Å². The number of thiazole rings is 1. The molecule has 7 heteroatoms. The van der Waals surface area contributed by atoms with Crippen molar-refractivity contribution >= 4 is 40.4 Å². The van der Waals surface area contributed by atoms with Crippen molar-refractivity contribution in [1.82, 2.24) is 15.2 Å². The number of benzene rings is 1. The summed E-state index contributed by atoms with van der Waals surface area (Å²) in [7, 11) is 0. The number of nitrogens with zero attached hydrogens (tertiary/aromatic N) is 2. The van der Waals surface area contributed by atoms with Crippen LogP contribution in [0.25, 0.3) is 10.6 Å². The molecule has 0 aliphatic carbocycles. The van der Waals surface area contributed by atoms with Crippen molar-refractivity contribution in [1.29, 1.82) is 0 Å². The van der Waals surface area contributed by atoms with E-state index in [1.54, 1.807) is 12.1 Å². The zero-order valence-electron chi connectivity index (χ0n) is 12.3. The first-order valence-electron chi connectivity index (χ1n) is 7.53. The topological polar surface area (TPSA) is 45.2 Å². The Balaban J connectivity index is 1.53. The van der Waals surface area contributed by atoms with Crippen molar-refractivity contribution in [2.24, 2.45) is 11.8 Å². The maximum atomic E-state index is 12.6. The predicted octanol–water partition coefficient (Wildman–Crippen LogP) is 3.41. The largest absolute Gasteiger partial charge is 0.337 e. The van der Waals surface area contributed by atoms with E-state index in [0.29, 0.717) is 27.6 Å². The number of likely N-dealkylation sites (tertiary alicyclic amines) is 1. The van der Waals surface area contributed by atoms with Crippen LogP contribution < -0.4 is 5.32 Å². The zero-order chi connectivity index (χ0) is 16.0. The first kappa shape index (κ1) is 15.4. The summed E-state index contributed by atoms with van der Waals surface area (Å²) >= 11 is 13.4. The van der Waals surface area contributed by atoms with Crippen LogP contribution in [0.4, 0.5) is 0 Å². The van der Waals surface area contributed by atoms with Crippen molar-refractivity contribution in [3.8, 4) is 10.6 Å². The summed E-state index contributed by atoms with van der Waals surface area (Å²) in [6.07, 6.45) is 0. The summed E-state index contributed by atoms with van der Waals surface area (Å²) < 4.78 is 0. The smallest absolute Gasteiger partial charge is 0.273 e. The van der Waals surface area contributed by atoms with Crippen LogP contribution in [0, 0.1) is 11.8 Å². The first-order chi connectivity index (χ1) is 11.1. The second-order valence-electron chi connectivity index (χ2n) is 6.06. The quantitative estimate of drug-likeness (QED) is 0.884. The monoisotopic (exact) mass is 367 g/mol. The third kappa shape index (κ3) is 2.87. The molecule has 2 atom stereocenters. The van der Waals surface area contributed by atoms with Gasteiger partial charge in [0.1, 0.15) is 10.7 Å². The Morgan fingerprint density at radius 3 is 2.65 bits per heavy atom. The van der Waals surface area contributed by atoms with Gasteiger partial charge >= 0.3 is 0 Å². The Bertz CT molecular complexity index is 752. The average Bonchev–Trinajstić information content (AvgIpc) is 3.24. The minimum absolute atomic E-state index is 0.0296. The molecule has 4 nitrogen and oxygen atoms in total. The van der Waals surface area contributed by atoms with Crippen LogP contribution in [0.15, 0.2) is 23.6 Å². The number of nitrogens with one attached hydrogen (secondary N) is 1. The van der Waals surface area contributed by atoms with Gasteiger partial charge in [0.2, 0.25) is 0 Å². The highest BCUT2D eigenvalue weighted by Crippen LogP contribution is 2.32. The standard InChI is InChI=1S/C16H15Cl2N3OS/c17-12-2-1-9(3-13(12)18)15-20-14(8-23-15)16(22)21-6-10-4-19-5-11(10)7-21/h1-3,8,10-11,19H,4-7H2/t10-,11+. The van der Waals surface area contributed by atoms with Crippen LogP contribution >= 0.6 is 34.5 Å². The lowest BCUT2D eigenvalue weighted by Crippen LogP contribution is -2.32. The van der Waals surface area contributed by atoms with E-state index >= 15 is 0 Å². The fourth-order valence-electron chi connectivity index (χ4n) is 3.32. The number of halogens is 2. The van der Waals surface area contributed by atoms with Crippen LogP contribution in [0.1, 0.15) is 10.5 Å². The molecule has 0 spiro atoms. The number of hydrogen-bond acceptors (Lipinski definition) is 4. The van der Waals surface area contributed by atoms with Crippen molar-refractivity contribution < 1.29 is 4.79 Å². The Morgan fingerprint density at radius 2 is 1.96 bits per heavy atom. The molecule has 2 saturated heterocycles. The minimum Gasteiger partial charge on any atom is -0.337 e. The Morgan fingerprint density at radius 1 is 1.22 bits per heavy atom. The van der Waals surface area contributed by atoms with Crippen LogP contribution in [-0.4, -0.2) is 42.0 Å². The number of hydrogen-bond donors (Lipinski definition) is 1. The number of aromatic nitrogens is 1. The van der Waals surface area contributed by atoms with Crippen LogP contribution in [0.2, 0.25) is 10.0 Å². The maximum Gasteiger partial charge on any atom is 0.273 e. The summed E-state index contributed by atoms with van der Waals surface area (Å²) in [4.78, 5) is 19.1. The predicted molar refractivity (Wildman–Crippen MR) is 93.3 cm³/mol. The van der Waals surface area contributed by atoms with Gasteiger partial charge in [-0.1, -0.05) is 29.3 Å². The average molecular weight is 368 g/mol. The lowest BCUT2D eigenvalue weighted by Gasteiger charge is -2.15. The van der Waals surface area contributed by atoms with Crippen LogP contribution in [0.3, 0.4) is 0 Å². The van der Waals surface area contributed by atoms with Gasteiger partial charge in [-0.05, 0) is 24.0 Å². The third-order valence-corrected chi connectivity index (χ3v) is 6.20. The molecule has 2 aliphatic rings. The van der Waals surface area contributed by atoms with Crippen LogP contribution in [0.5, 0.6) is 0 Å². The third-order valence-electron chi connectivity index (χ3n) is 4.57. The molecule has 2 aliphatic heterocycles. The van der Waals surface area contributed by atoms with Gasteiger partial charge in [-0.3, -0.25) is 4.79 Å². The molecule has 1 amide bonds. The van der Waals surface area contributed by atoms with Gasteiger partial charge in [0.15, 0.2) is 0 Å². The summed E-state index contributed by atoms with van der Waals surface area (Å²) in [5, 5.41) is 7.00. The molecule has 2 fully saturated rings. The SMILES string of the molecule is O=C(c1csc(-c2ccc(Cl)c(Cl)c2)n1)N1C[C@H]2CNC[C@H]2C1. The van der Waals surface area contributed by atoms with Gasteiger partial charge in [-0.15, -0.1) is 11.3 Å². The summed E-state index contributed by atoms with van der Waals surface area (Å²) in [5.41, 5.74) is 1.40. The summed E-state index contributed by atoms with van der Waals surface area (Å²) in [6.45, 7) is 3.69. The molecule has 1 aromatic carbocycles. The normalized spacial score (nSPS) is 23.3. The lowest BCUT2D eigenvalue weighted by atomic mass is 10.0. The Labute approximate surface area is 148 Å². The second kappa shape index (κ2) is 6.06. The van der Waals surface area contributed by atoms with E-state index in [9.17, 15) is 4.79 Å². The highest BCUT2D eigenvalue weighted by atomic mass is 35.5. The summed E-state index contributed by atoms with van der Waals surface area (Å²) in [5.74, 6) is 1.21. The molecule has 120 valence electrons. The minimum atomic E-state index is 0.0296.